The molecule has 98 valence electrons. The molecule has 1 amide bonds. The molecule has 0 spiro atoms. The molecule has 0 fully saturated rings. The molecule has 0 atom stereocenters. The number of aryl methyl sites for hydroxylation is 2. The van der Waals surface area contributed by atoms with Crippen molar-refractivity contribution >= 4 is 17.3 Å². The van der Waals surface area contributed by atoms with Gasteiger partial charge in [0.15, 0.2) is 0 Å². The van der Waals surface area contributed by atoms with Gasteiger partial charge in [-0.15, -0.1) is 0 Å². The number of hydrogen-bond donors (Lipinski definition) is 1. The monoisotopic (exact) mass is 256 g/mol. The first-order chi connectivity index (χ1) is 9.06. The molecule has 0 bridgehead atoms. The summed E-state index contributed by atoms with van der Waals surface area (Å²) in [5, 5.41) is 4.22. The minimum Gasteiger partial charge on any atom is -0.399 e. The van der Waals surface area contributed by atoms with Crippen LogP contribution in [0, 0.1) is 6.92 Å². The summed E-state index contributed by atoms with van der Waals surface area (Å²) in [4.78, 5) is 14.4. The highest BCUT2D eigenvalue weighted by Crippen LogP contribution is 2.30. The molecule has 5 heteroatoms. The van der Waals surface area contributed by atoms with E-state index in [1.807, 2.05) is 31.2 Å². The quantitative estimate of drug-likeness (QED) is 0.787. The fourth-order valence-electron chi connectivity index (χ4n) is 2.58. The highest BCUT2D eigenvalue weighted by atomic mass is 16.2. The molecule has 2 aromatic rings. The molecule has 1 aromatic heterocycles. The number of benzene rings is 1. The van der Waals surface area contributed by atoms with Crippen LogP contribution >= 0.6 is 0 Å². The van der Waals surface area contributed by atoms with Crippen LogP contribution in [0.25, 0.3) is 0 Å². The first-order valence-corrected chi connectivity index (χ1v) is 6.27. The molecule has 1 aromatic carbocycles. The van der Waals surface area contributed by atoms with E-state index in [2.05, 4.69) is 5.10 Å². The highest BCUT2D eigenvalue weighted by molar-refractivity contribution is 6.06. The number of anilines is 2. The average Bonchev–Trinajstić information content (AvgIpc) is 2.91. The van der Waals surface area contributed by atoms with Crippen LogP contribution in [0.5, 0.6) is 0 Å². The normalized spacial score (nSPS) is 13.7. The predicted molar refractivity (Wildman–Crippen MR) is 74.2 cm³/mol. The largest absolute Gasteiger partial charge is 0.399 e. The van der Waals surface area contributed by atoms with Crippen LogP contribution in [0.3, 0.4) is 0 Å². The lowest BCUT2D eigenvalue weighted by Crippen LogP contribution is -2.30. The topological polar surface area (TPSA) is 64.2 Å². The minimum atomic E-state index is -0.00776. The van der Waals surface area contributed by atoms with Gasteiger partial charge in [-0.3, -0.25) is 9.48 Å². The van der Waals surface area contributed by atoms with Crippen LogP contribution in [-0.2, 0) is 13.5 Å². The molecule has 1 aliphatic heterocycles. The minimum absolute atomic E-state index is 0.00776. The van der Waals surface area contributed by atoms with Crippen molar-refractivity contribution in [1.29, 1.82) is 0 Å². The van der Waals surface area contributed by atoms with E-state index in [-0.39, 0.29) is 5.91 Å². The Labute approximate surface area is 111 Å². The van der Waals surface area contributed by atoms with Crippen LogP contribution in [-0.4, -0.2) is 22.2 Å². The molecule has 5 nitrogen and oxygen atoms in total. The SMILES string of the molecule is Cc1cc(C(=O)N2CCc3cc(N)ccc32)n(C)n1. The van der Waals surface area contributed by atoms with Gasteiger partial charge in [0, 0.05) is 25.0 Å². The third kappa shape index (κ3) is 1.87. The average molecular weight is 256 g/mol. The second-order valence-electron chi connectivity index (χ2n) is 4.89. The maximum atomic E-state index is 12.6. The third-order valence-corrected chi connectivity index (χ3v) is 3.47. The standard InChI is InChI=1S/C14H16N4O/c1-9-7-13(17(2)16-9)14(19)18-6-5-10-8-11(15)3-4-12(10)18/h3-4,7-8H,5-6,15H2,1-2H3. The van der Waals surface area contributed by atoms with Crippen molar-refractivity contribution in [3.63, 3.8) is 0 Å². The summed E-state index contributed by atoms with van der Waals surface area (Å²) in [5.74, 6) is -0.00776. The van der Waals surface area contributed by atoms with E-state index in [0.29, 0.717) is 12.2 Å². The molecular formula is C14H16N4O. The fourth-order valence-corrected chi connectivity index (χ4v) is 2.58. The number of nitrogens with zero attached hydrogens (tertiary/aromatic N) is 3. The van der Waals surface area contributed by atoms with Gasteiger partial charge in [0.25, 0.3) is 5.91 Å². The Morgan fingerprint density at radius 2 is 2.16 bits per heavy atom. The smallest absolute Gasteiger partial charge is 0.276 e. The van der Waals surface area contributed by atoms with Crippen LogP contribution in [0.4, 0.5) is 11.4 Å². The summed E-state index contributed by atoms with van der Waals surface area (Å²) in [5.41, 5.74) is 10.1. The van der Waals surface area contributed by atoms with E-state index in [0.717, 1.165) is 29.1 Å². The zero-order chi connectivity index (χ0) is 13.6. The Bertz CT molecular complexity index is 659. The fraction of sp³-hybridized carbons (Fsp3) is 0.286. The van der Waals surface area contributed by atoms with Crippen LogP contribution < -0.4 is 10.6 Å². The Morgan fingerprint density at radius 3 is 2.84 bits per heavy atom. The summed E-state index contributed by atoms with van der Waals surface area (Å²) in [6.45, 7) is 2.58. The lowest BCUT2D eigenvalue weighted by atomic mass is 10.1. The molecular weight excluding hydrogens is 240 g/mol. The van der Waals surface area contributed by atoms with Crippen molar-refractivity contribution in [3.8, 4) is 0 Å². The molecule has 0 saturated heterocycles. The molecule has 19 heavy (non-hydrogen) atoms. The van der Waals surface area contributed by atoms with Gasteiger partial charge >= 0.3 is 0 Å². The summed E-state index contributed by atoms with van der Waals surface area (Å²) >= 11 is 0. The third-order valence-electron chi connectivity index (χ3n) is 3.47. The van der Waals surface area contributed by atoms with Crippen molar-refractivity contribution in [2.45, 2.75) is 13.3 Å². The summed E-state index contributed by atoms with van der Waals surface area (Å²) in [7, 11) is 1.79. The number of hydrogen-bond acceptors (Lipinski definition) is 3. The number of carbonyl (C=O) groups is 1. The Balaban J connectivity index is 1.98. The van der Waals surface area contributed by atoms with E-state index < -0.39 is 0 Å². The Kier molecular flexibility index (Phi) is 2.55. The van der Waals surface area contributed by atoms with Gasteiger partial charge in [0.1, 0.15) is 5.69 Å². The molecule has 1 aliphatic rings. The molecule has 0 unspecified atom stereocenters. The van der Waals surface area contributed by atoms with E-state index in [1.165, 1.54) is 0 Å². The summed E-state index contributed by atoms with van der Waals surface area (Å²) in [6.07, 6.45) is 0.850. The lowest BCUT2D eigenvalue weighted by Gasteiger charge is -2.17. The maximum absolute atomic E-state index is 12.6. The Hall–Kier alpha value is -2.30. The number of carbonyl (C=O) groups excluding carboxylic acids is 1. The molecule has 0 saturated carbocycles. The number of amides is 1. The number of nitrogen functional groups attached to an aromatic ring is 1. The van der Waals surface area contributed by atoms with Crippen molar-refractivity contribution in [2.24, 2.45) is 7.05 Å². The van der Waals surface area contributed by atoms with Crippen molar-refractivity contribution < 1.29 is 4.79 Å². The van der Waals surface area contributed by atoms with Crippen molar-refractivity contribution in [1.82, 2.24) is 9.78 Å². The Morgan fingerprint density at radius 1 is 1.37 bits per heavy atom. The molecule has 2 N–H and O–H groups in total. The van der Waals surface area contributed by atoms with E-state index in [1.54, 1.807) is 16.6 Å². The van der Waals surface area contributed by atoms with Gasteiger partial charge in [-0.1, -0.05) is 0 Å². The zero-order valence-corrected chi connectivity index (χ0v) is 11.1. The predicted octanol–water partition coefficient (Wildman–Crippen LogP) is 1.51. The molecule has 0 aliphatic carbocycles. The number of aromatic nitrogens is 2. The van der Waals surface area contributed by atoms with Gasteiger partial charge in [-0.25, -0.2) is 0 Å². The zero-order valence-electron chi connectivity index (χ0n) is 11.1. The number of rotatable bonds is 1. The van der Waals surface area contributed by atoms with Crippen LogP contribution in [0.2, 0.25) is 0 Å². The maximum Gasteiger partial charge on any atom is 0.276 e. The van der Waals surface area contributed by atoms with E-state index in [4.69, 9.17) is 5.73 Å². The summed E-state index contributed by atoms with van der Waals surface area (Å²) in [6, 6.07) is 7.51. The van der Waals surface area contributed by atoms with Gasteiger partial charge in [-0.05, 0) is 43.2 Å². The second kappa shape index (κ2) is 4.12. The second-order valence-corrected chi connectivity index (χ2v) is 4.89. The first-order valence-electron chi connectivity index (χ1n) is 6.27. The van der Waals surface area contributed by atoms with Crippen LogP contribution in [0.1, 0.15) is 21.7 Å². The van der Waals surface area contributed by atoms with Gasteiger partial charge in [0.05, 0.1) is 5.69 Å². The van der Waals surface area contributed by atoms with Crippen LogP contribution in [0.15, 0.2) is 24.3 Å². The van der Waals surface area contributed by atoms with E-state index >= 15 is 0 Å². The van der Waals surface area contributed by atoms with Gasteiger partial charge < -0.3 is 10.6 Å². The number of fused-ring (bicyclic) bond motifs is 1. The van der Waals surface area contributed by atoms with Gasteiger partial charge in [-0.2, -0.15) is 5.10 Å². The molecule has 3 rings (SSSR count). The summed E-state index contributed by atoms with van der Waals surface area (Å²) < 4.78 is 1.63. The van der Waals surface area contributed by atoms with E-state index in [9.17, 15) is 4.79 Å². The van der Waals surface area contributed by atoms with Gasteiger partial charge in [0.2, 0.25) is 0 Å². The van der Waals surface area contributed by atoms with Crippen molar-refractivity contribution in [2.75, 3.05) is 17.2 Å². The first kappa shape index (κ1) is 11.8. The molecule has 2 heterocycles. The molecule has 0 radical (unpaired) electrons. The highest BCUT2D eigenvalue weighted by Gasteiger charge is 2.27. The van der Waals surface area contributed by atoms with Crippen molar-refractivity contribution in [3.05, 3.63) is 41.2 Å². The lowest BCUT2D eigenvalue weighted by molar-refractivity contribution is 0.0980. The number of nitrogens with two attached hydrogens (primary N) is 1.